The molecule has 0 radical (unpaired) electrons. The molecule has 1 aliphatic rings. The fourth-order valence-corrected chi connectivity index (χ4v) is 5.84. The van der Waals surface area contributed by atoms with Crippen molar-refractivity contribution in [3.63, 3.8) is 0 Å². The topological polar surface area (TPSA) is 115 Å². The van der Waals surface area contributed by atoms with Gasteiger partial charge in [0.2, 0.25) is 11.8 Å². The lowest BCUT2D eigenvalue weighted by molar-refractivity contribution is 0.267. The van der Waals surface area contributed by atoms with Gasteiger partial charge in [-0.3, -0.25) is 0 Å². The van der Waals surface area contributed by atoms with Crippen LogP contribution in [0.5, 0.6) is 0 Å². The van der Waals surface area contributed by atoms with Gasteiger partial charge in [-0.1, -0.05) is 62.6 Å². The van der Waals surface area contributed by atoms with Crippen molar-refractivity contribution >= 4 is 28.7 Å². The van der Waals surface area contributed by atoms with Crippen molar-refractivity contribution < 1.29 is 8.81 Å². The van der Waals surface area contributed by atoms with E-state index >= 15 is 0 Å². The van der Waals surface area contributed by atoms with Crippen LogP contribution in [0.1, 0.15) is 57.6 Å². The Morgan fingerprint density at radius 3 is 2.63 bits per heavy atom. The number of fused-ring (bicyclic) bond motifs is 1. The maximum Gasteiger partial charge on any atom is 0.434 e. The molecule has 2 N–H and O–H groups in total. The lowest BCUT2D eigenvalue weighted by atomic mass is 9.83. The minimum atomic E-state index is -0.701. The zero-order valence-electron chi connectivity index (χ0n) is 22.9. The molecule has 3 heterocycles. The van der Waals surface area contributed by atoms with Gasteiger partial charge in [0.25, 0.3) is 5.89 Å². The second-order valence-electron chi connectivity index (χ2n) is 10.8. The van der Waals surface area contributed by atoms with Crippen LogP contribution in [0.25, 0.3) is 34.1 Å². The summed E-state index contributed by atoms with van der Waals surface area (Å²) in [4.78, 5) is 26.2. The van der Waals surface area contributed by atoms with Gasteiger partial charge in [-0.25, -0.2) is 24.3 Å². The molecular weight excluding hydrogens is 545 g/mol. The van der Waals surface area contributed by atoms with Gasteiger partial charge in [-0.15, -0.1) is 5.10 Å². The number of hydrogen-bond acceptors (Lipinski definition) is 7. The third-order valence-electron chi connectivity index (χ3n) is 7.87. The summed E-state index contributed by atoms with van der Waals surface area (Å²) in [5.41, 5.74) is 3.37. The number of nitrogens with zero attached hydrogens (tertiary/aromatic N) is 5. The first-order valence-electron chi connectivity index (χ1n) is 14.0. The van der Waals surface area contributed by atoms with Crippen LogP contribution in [-0.4, -0.2) is 29.7 Å². The predicted octanol–water partition coefficient (Wildman–Crippen LogP) is 7.02. The van der Waals surface area contributed by atoms with Crippen LogP contribution in [0.15, 0.2) is 57.7 Å². The van der Waals surface area contributed by atoms with Crippen molar-refractivity contribution in [1.82, 2.24) is 29.7 Å². The number of H-pyrrole nitrogens is 1. The zero-order valence-corrected chi connectivity index (χ0v) is 23.7. The van der Waals surface area contributed by atoms with Gasteiger partial charge in [-0.2, -0.15) is 4.98 Å². The summed E-state index contributed by atoms with van der Waals surface area (Å²) in [7, 11) is 0. The number of aromatic nitrogens is 6. The molecule has 1 aliphatic carbocycles. The highest BCUT2D eigenvalue weighted by atomic mass is 35.5. The molecule has 41 heavy (non-hydrogen) atoms. The first kappa shape index (κ1) is 27.1. The molecule has 1 unspecified atom stereocenters. The fourth-order valence-electron chi connectivity index (χ4n) is 5.65. The maximum absolute atomic E-state index is 14.2. The number of imidazole rings is 1. The van der Waals surface area contributed by atoms with Gasteiger partial charge in [0.15, 0.2) is 5.65 Å². The molecule has 0 bridgehead atoms. The highest BCUT2D eigenvalue weighted by Crippen LogP contribution is 2.36. The second kappa shape index (κ2) is 11.4. The Balaban J connectivity index is 1.54. The monoisotopic (exact) mass is 575 g/mol. The minimum Gasteiger partial charge on any atom is -0.384 e. The third kappa shape index (κ3) is 5.74. The molecule has 0 amide bonds. The molecule has 9 nitrogen and oxygen atoms in total. The van der Waals surface area contributed by atoms with Crippen LogP contribution in [0.3, 0.4) is 0 Å². The summed E-state index contributed by atoms with van der Waals surface area (Å²) < 4.78 is 21.5. The quantitative estimate of drug-likeness (QED) is 0.204. The average Bonchev–Trinajstić information content (AvgIpc) is 3.55. The Hall–Kier alpha value is -4.05. The van der Waals surface area contributed by atoms with E-state index in [-0.39, 0.29) is 23.6 Å². The van der Waals surface area contributed by atoms with E-state index in [9.17, 15) is 9.18 Å². The SMILES string of the molecule is CCC(Nc1nc2nc(-c3n[nH]c(=O)o3)nc(-c3cccc(Cl)c3)c2n1C[C@H]1CC[C@H](C)CC1)c1cccc(F)c1. The van der Waals surface area contributed by atoms with Gasteiger partial charge >= 0.3 is 5.76 Å². The van der Waals surface area contributed by atoms with Gasteiger partial charge in [0.05, 0.1) is 6.04 Å². The number of halogens is 2. The van der Waals surface area contributed by atoms with Crippen molar-refractivity contribution in [2.75, 3.05) is 5.32 Å². The Bertz CT molecular complexity index is 1740. The predicted molar refractivity (Wildman–Crippen MR) is 156 cm³/mol. The summed E-state index contributed by atoms with van der Waals surface area (Å²) in [5, 5.41) is 10.4. The smallest absolute Gasteiger partial charge is 0.384 e. The van der Waals surface area contributed by atoms with Crippen LogP contribution in [0.4, 0.5) is 10.3 Å². The number of nitrogens with one attached hydrogen (secondary N) is 2. The summed E-state index contributed by atoms with van der Waals surface area (Å²) >= 11 is 6.40. The molecule has 5 aromatic rings. The molecule has 212 valence electrons. The molecule has 1 fully saturated rings. The van der Waals surface area contributed by atoms with E-state index in [4.69, 9.17) is 26.0 Å². The first-order chi connectivity index (χ1) is 19.9. The van der Waals surface area contributed by atoms with Crippen molar-refractivity contribution in [3.8, 4) is 23.0 Å². The fraction of sp³-hybridized carbons (Fsp3) is 0.367. The maximum atomic E-state index is 14.2. The van der Waals surface area contributed by atoms with Crippen molar-refractivity contribution in [3.05, 3.63) is 75.5 Å². The summed E-state index contributed by atoms with van der Waals surface area (Å²) in [6.45, 7) is 5.08. The summed E-state index contributed by atoms with van der Waals surface area (Å²) in [6.07, 6.45) is 5.31. The van der Waals surface area contributed by atoms with Gasteiger partial charge < -0.3 is 14.3 Å². The highest BCUT2D eigenvalue weighted by molar-refractivity contribution is 6.30. The number of rotatable bonds is 8. The molecule has 0 spiro atoms. The Morgan fingerprint density at radius 2 is 1.93 bits per heavy atom. The van der Waals surface area contributed by atoms with Crippen LogP contribution >= 0.6 is 11.6 Å². The largest absolute Gasteiger partial charge is 0.434 e. The summed E-state index contributed by atoms with van der Waals surface area (Å²) in [6, 6.07) is 13.9. The lowest BCUT2D eigenvalue weighted by Gasteiger charge is -2.28. The molecule has 6 rings (SSSR count). The number of benzene rings is 2. The lowest BCUT2D eigenvalue weighted by Crippen LogP contribution is -2.20. The Labute approximate surface area is 241 Å². The van der Waals surface area contributed by atoms with Gasteiger partial charge in [-0.05, 0) is 60.9 Å². The normalized spacial score (nSPS) is 18.0. The van der Waals surface area contributed by atoms with Crippen LogP contribution in [-0.2, 0) is 6.54 Å². The van der Waals surface area contributed by atoms with E-state index in [0.717, 1.165) is 41.9 Å². The zero-order chi connectivity index (χ0) is 28.5. The molecule has 2 aromatic carbocycles. The molecule has 1 saturated carbocycles. The van der Waals surface area contributed by atoms with E-state index in [0.29, 0.717) is 34.7 Å². The standard InChI is InChI=1S/C30H31ClFN7O2/c1-3-23(19-6-5-9-22(32)15-19)33-29-36-26-25(39(29)16-18-12-10-17(2)11-13-18)24(20-7-4-8-21(31)14-20)34-27(35-26)28-37-38-30(40)41-28/h4-9,14-15,17-18,23H,3,10-13,16H2,1-2H3,(H,38,40)(H,33,34,35,36)/t17-,18-,23?. The number of hydrogen-bond donors (Lipinski definition) is 2. The van der Waals surface area contributed by atoms with Crippen LogP contribution in [0, 0.1) is 17.7 Å². The number of anilines is 1. The second-order valence-corrected chi connectivity index (χ2v) is 11.3. The Kier molecular flexibility index (Phi) is 7.57. The van der Waals surface area contributed by atoms with E-state index < -0.39 is 5.76 Å². The van der Waals surface area contributed by atoms with Crippen molar-refractivity contribution in [2.24, 2.45) is 11.8 Å². The minimum absolute atomic E-state index is 0.0308. The molecule has 0 aliphatic heterocycles. The van der Waals surface area contributed by atoms with E-state index in [1.165, 1.54) is 18.9 Å². The molecule has 3 aromatic heterocycles. The van der Waals surface area contributed by atoms with E-state index in [1.807, 2.05) is 31.2 Å². The van der Waals surface area contributed by atoms with E-state index in [2.05, 4.69) is 32.0 Å². The van der Waals surface area contributed by atoms with Crippen molar-refractivity contribution in [2.45, 2.75) is 58.5 Å². The Morgan fingerprint density at radius 1 is 1.12 bits per heavy atom. The molecule has 0 saturated heterocycles. The van der Waals surface area contributed by atoms with Crippen LogP contribution < -0.4 is 11.1 Å². The molecule has 1 atom stereocenters. The highest BCUT2D eigenvalue weighted by Gasteiger charge is 2.26. The molecular formula is C30H31ClFN7O2. The van der Waals surface area contributed by atoms with Gasteiger partial charge in [0, 0.05) is 17.1 Å². The van der Waals surface area contributed by atoms with E-state index in [1.54, 1.807) is 18.2 Å². The first-order valence-corrected chi connectivity index (χ1v) is 14.4. The summed E-state index contributed by atoms with van der Waals surface area (Å²) in [5.74, 6) is 0.905. The van der Waals surface area contributed by atoms with Crippen molar-refractivity contribution in [1.29, 1.82) is 0 Å². The molecule has 11 heteroatoms. The van der Waals surface area contributed by atoms with Crippen LogP contribution in [0.2, 0.25) is 5.02 Å². The third-order valence-corrected chi connectivity index (χ3v) is 8.10. The van der Waals surface area contributed by atoms with Gasteiger partial charge in [0.1, 0.15) is 17.0 Å². The average molecular weight is 576 g/mol. The number of aromatic amines is 1.